The second-order valence-electron chi connectivity index (χ2n) is 7.32. The topological polar surface area (TPSA) is 44.8 Å². The number of rotatable bonds is 6. The molecular formula is C20H31N3O2S. The molecule has 0 radical (unpaired) electrons. The van der Waals surface area contributed by atoms with Crippen molar-refractivity contribution in [3.63, 3.8) is 0 Å². The highest BCUT2D eigenvalue weighted by molar-refractivity contribution is 7.98. The Kier molecular flexibility index (Phi) is 7.23. The molecular weight excluding hydrogens is 346 g/mol. The van der Waals surface area contributed by atoms with Gasteiger partial charge in [-0.15, -0.1) is 11.8 Å². The molecule has 0 spiro atoms. The van der Waals surface area contributed by atoms with Gasteiger partial charge in [0.1, 0.15) is 0 Å². The normalized spacial score (nSPS) is 23.5. The molecule has 3 rings (SSSR count). The zero-order chi connectivity index (χ0) is 18.4. The Bertz CT molecular complexity index is 582. The van der Waals surface area contributed by atoms with Gasteiger partial charge in [-0.2, -0.15) is 0 Å². The van der Waals surface area contributed by atoms with E-state index in [2.05, 4.69) is 10.2 Å². The van der Waals surface area contributed by atoms with E-state index < -0.39 is 0 Å². The van der Waals surface area contributed by atoms with E-state index >= 15 is 0 Å². The number of ether oxygens (including phenoxy) is 1. The van der Waals surface area contributed by atoms with Crippen molar-refractivity contribution in [2.75, 3.05) is 58.0 Å². The van der Waals surface area contributed by atoms with Crippen molar-refractivity contribution in [1.29, 1.82) is 0 Å². The maximum Gasteiger partial charge on any atom is 0.321 e. The van der Waals surface area contributed by atoms with Gasteiger partial charge in [0.05, 0.1) is 5.69 Å². The van der Waals surface area contributed by atoms with E-state index in [9.17, 15) is 4.79 Å². The molecule has 0 aliphatic carbocycles. The molecule has 144 valence electrons. The summed E-state index contributed by atoms with van der Waals surface area (Å²) >= 11 is 1.66. The predicted octanol–water partition coefficient (Wildman–Crippen LogP) is 3.62. The molecule has 2 aliphatic rings. The van der Waals surface area contributed by atoms with Crippen LogP contribution in [-0.2, 0) is 4.74 Å². The zero-order valence-electron chi connectivity index (χ0n) is 15.9. The second kappa shape index (κ2) is 9.62. The van der Waals surface area contributed by atoms with Crippen LogP contribution in [0.1, 0.15) is 19.3 Å². The van der Waals surface area contributed by atoms with Crippen molar-refractivity contribution in [1.82, 2.24) is 9.80 Å². The Morgan fingerprint density at radius 2 is 1.92 bits per heavy atom. The summed E-state index contributed by atoms with van der Waals surface area (Å²) in [7, 11) is 1.77. The van der Waals surface area contributed by atoms with Crippen LogP contribution in [0, 0.1) is 11.8 Å². The van der Waals surface area contributed by atoms with E-state index in [-0.39, 0.29) is 6.03 Å². The molecule has 1 aromatic carbocycles. The van der Waals surface area contributed by atoms with Crippen LogP contribution in [0.2, 0.25) is 0 Å². The van der Waals surface area contributed by atoms with Crippen LogP contribution in [0.25, 0.3) is 0 Å². The molecule has 6 heteroatoms. The number of carbonyl (C=O) groups excluding carboxylic acids is 1. The number of nitrogens with one attached hydrogen (secondary N) is 1. The number of urea groups is 1. The molecule has 0 saturated carbocycles. The maximum atomic E-state index is 12.7. The van der Waals surface area contributed by atoms with Gasteiger partial charge in [0.25, 0.3) is 0 Å². The number of anilines is 1. The number of benzene rings is 1. The third-order valence-corrected chi connectivity index (χ3v) is 6.46. The number of amides is 2. The van der Waals surface area contributed by atoms with Gasteiger partial charge in [0.15, 0.2) is 0 Å². The summed E-state index contributed by atoms with van der Waals surface area (Å²) in [5, 5.41) is 3.11. The third kappa shape index (κ3) is 4.93. The van der Waals surface area contributed by atoms with E-state index in [1.165, 1.54) is 12.8 Å². The summed E-state index contributed by atoms with van der Waals surface area (Å²) in [6.07, 6.45) is 5.54. The number of fused-ring (bicyclic) bond motifs is 1. The van der Waals surface area contributed by atoms with E-state index in [1.807, 2.05) is 35.4 Å². The smallest absolute Gasteiger partial charge is 0.321 e. The van der Waals surface area contributed by atoms with Gasteiger partial charge in [0.2, 0.25) is 0 Å². The lowest BCUT2D eigenvalue weighted by atomic mass is 9.92. The first-order valence-corrected chi connectivity index (χ1v) is 10.8. The minimum atomic E-state index is 0.0523. The van der Waals surface area contributed by atoms with Crippen molar-refractivity contribution >= 4 is 23.5 Å². The summed E-state index contributed by atoms with van der Waals surface area (Å²) < 4.78 is 5.17. The quantitative estimate of drug-likeness (QED) is 0.607. The number of methoxy groups -OCH3 is 1. The summed E-state index contributed by atoms with van der Waals surface area (Å²) in [6, 6.07) is 8.06. The highest BCUT2D eigenvalue weighted by Gasteiger charge is 2.36. The Labute approximate surface area is 161 Å². The highest BCUT2D eigenvalue weighted by atomic mass is 32.2. The minimum Gasteiger partial charge on any atom is -0.385 e. The molecule has 0 unspecified atom stereocenters. The molecule has 0 bridgehead atoms. The van der Waals surface area contributed by atoms with E-state index in [0.717, 1.165) is 56.3 Å². The lowest BCUT2D eigenvalue weighted by Crippen LogP contribution is -2.34. The largest absolute Gasteiger partial charge is 0.385 e. The Hall–Kier alpha value is -1.24. The Morgan fingerprint density at radius 3 is 2.58 bits per heavy atom. The Balaban J connectivity index is 1.51. The van der Waals surface area contributed by atoms with E-state index in [0.29, 0.717) is 11.8 Å². The molecule has 26 heavy (non-hydrogen) atoms. The average molecular weight is 378 g/mol. The number of hydrogen-bond donors (Lipinski definition) is 1. The summed E-state index contributed by atoms with van der Waals surface area (Å²) in [6.45, 7) is 6.05. The van der Waals surface area contributed by atoms with Gasteiger partial charge in [0, 0.05) is 38.2 Å². The van der Waals surface area contributed by atoms with E-state index in [1.54, 1.807) is 18.9 Å². The third-order valence-electron chi connectivity index (χ3n) is 5.67. The predicted molar refractivity (Wildman–Crippen MR) is 108 cm³/mol. The van der Waals surface area contributed by atoms with Crippen LogP contribution in [0.15, 0.2) is 29.2 Å². The second-order valence-corrected chi connectivity index (χ2v) is 8.17. The molecule has 5 nitrogen and oxygen atoms in total. The van der Waals surface area contributed by atoms with Gasteiger partial charge in [-0.1, -0.05) is 12.1 Å². The van der Waals surface area contributed by atoms with Crippen molar-refractivity contribution in [2.45, 2.75) is 24.2 Å². The fourth-order valence-corrected chi connectivity index (χ4v) is 4.72. The monoisotopic (exact) mass is 377 g/mol. The minimum absolute atomic E-state index is 0.0523. The van der Waals surface area contributed by atoms with Crippen LogP contribution in [0.5, 0.6) is 0 Å². The van der Waals surface area contributed by atoms with Gasteiger partial charge in [-0.3, -0.25) is 0 Å². The number of carbonyl (C=O) groups is 1. The van der Waals surface area contributed by atoms with Crippen molar-refractivity contribution < 1.29 is 9.53 Å². The SMILES string of the molecule is COCCCN1CC[C@@H]2CN(C(=O)Nc3ccccc3SC)C[C@@H]2CC1. The van der Waals surface area contributed by atoms with Crippen LogP contribution in [0.3, 0.4) is 0 Å². The molecule has 1 aromatic rings. The first-order chi connectivity index (χ1) is 12.7. The lowest BCUT2D eigenvalue weighted by Gasteiger charge is -2.22. The van der Waals surface area contributed by atoms with Crippen LogP contribution in [0.4, 0.5) is 10.5 Å². The number of thioether (sulfide) groups is 1. The number of hydrogen-bond acceptors (Lipinski definition) is 4. The summed E-state index contributed by atoms with van der Waals surface area (Å²) in [4.78, 5) is 18.4. The van der Waals surface area contributed by atoms with Gasteiger partial charge in [-0.05, 0) is 62.6 Å². The summed E-state index contributed by atoms with van der Waals surface area (Å²) in [5.74, 6) is 1.29. The first-order valence-electron chi connectivity index (χ1n) is 9.61. The molecule has 2 saturated heterocycles. The molecule has 2 fully saturated rings. The Morgan fingerprint density at radius 1 is 1.23 bits per heavy atom. The molecule has 2 atom stereocenters. The lowest BCUT2D eigenvalue weighted by molar-refractivity contribution is 0.171. The van der Waals surface area contributed by atoms with Crippen LogP contribution in [-0.4, -0.2) is 68.5 Å². The molecule has 2 heterocycles. The van der Waals surface area contributed by atoms with Crippen molar-refractivity contribution in [3.8, 4) is 0 Å². The molecule has 0 aromatic heterocycles. The van der Waals surface area contributed by atoms with Crippen molar-refractivity contribution in [2.24, 2.45) is 11.8 Å². The standard InChI is InChI=1S/C20H31N3O2S/c1-25-13-5-10-22-11-8-16-14-23(15-17(16)9-12-22)20(24)21-18-6-3-4-7-19(18)26-2/h3-4,6-7,16-17H,5,8-15H2,1-2H3,(H,21,24)/t16-,17+. The van der Waals surface area contributed by atoms with Gasteiger partial charge < -0.3 is 19.9 Å². The molecule has 1 N–H and O–H groups in total. The summed E-state index contributed by atoms with van der Waals surface area (Å²) in [5.41, 5.74) is 0.918. The number of para-hydroxylation sites is 1. The van der Waals surface area contributed by atoms with Crippen LogP contribution >= 0.6 is 11.8 Å². The van der Waals surface area contributed by atoms with Crippen molar-refractivity contribution in [3.05, 3.63) is 24.3 Å². The average Bonchev–Trinajstić information content (AvgIpc) is 2.98. The number of likely N-dealkylation sites (tertiary alicyclic amines) is 2. The highest BCUT2D eigenvalue weighted by Crippen LogP contribution is 2.32. The maximum absolute atomic E-state index is 12.7. The fraction of sp³-hybridized carbons (Fsp3) is 0.650. The van der Waals surface area contributed by atoms with E-state index in [4.69, 9.17) is 4.74 Å². The molecule has 2 aliphatic heterocycles. The van der Waals surface area contributed by atoms with Gasteiger partial charge >= 0.3 is 6.03 Å². The first kappa shape index (κ1) is 19.5. The van der Waals surface area contributed by atoms with Gasteiger partial charge in [-0.25, -0.2) is 4.79 Å². The van der Waals surface area contributed by atoms with Crippen LogP contribution < -0.4 is 5.32 Å². The fourth-order valence-electron chi connectivity index (χ4n) is 4.17. The molecule has 2 amide bonds. The number of nitrogens with zero attached hydrogens (tertiary/aromatic N) is 2. The zero-order valence-corrected chi connectivity index (χ0v) is 16.8.